The first kappa shape index (κ1) is 20.4. The predicted octanol–water partition coefficient (Wildman–Crippen LogP) is 4.41. The molecule has 2 aromatic carbocycles. The molecule has 2 aromatic rings. The molecule has 3 rings (SSSR count). The number of aliphatic hydroxyl groups excluding tert-OH is 1. The van der Waals surface area contributed by atoms with E-state index >= 15 is 0 Å². The Kier molecular flexibility index (Phi) is 7.80. The van der Waals surface area contributed by atoms with Crippen LogP contribution < -0.4 is 4.74 Å². The van der Waals surface area contributed by atoms with Crippen LogP contribution in [0.1, 0.15) is 18.4 Å². The second kappa shape index (κ2) is 10.3. The van der Waals surface area contributed by atoms with E-state index in [0.29, 0.717) is 22.3 Å². The van der Waals surface area contributed by atoms with Gasteiger partial charge in [-0.3, -0.25) is 4.90 Å². The van der Waals surface area contributed by atoms with E-state index in [9.17, 15) is 5.11 Å². The van der Waals surface area contributed by atoms with Gasteiger partial charge in [-0.2, -0.15) is 0 Å². The zero-order valence-corrected chi connectivity index (χ0v) is 16.7. The van der Waals surface area contributed by atoms with Gasteiger partial charge >= 0.3 is 0 Å². The molecule has 0 saturated carbocycles. The molecular formula is C21H25Cl2NO3. The minimum absolute atomic E-state index is 0.165. The highest BCUT2D eigenvalue weighted by atomic mass is 35.5. The van der Waals surface area contributed by atoms with E-state index in [1.807, 2.05) is 18.2 Å². The number of benzene rings is 2. The topological polar surface area (TPSA) is 41.9 Å². The summed E-state index contributed by atoms with van der Waals surface area (Å²) in [5, 5.41) is 11.5. The van der Waals surface area contributed by atoms with Crippen molar-refractivity contribution in [2.75, 3.05) is 26.3 Å². The molecule has 1 heterocycles. The van der Waals surface area contributed by atoms with Gasteiger partial charge < -0.3 is 14.6 Å². The number of aliphatic hydroxyl groups is 1. The molecule has 6 heteroatoms. The van der Waals surface area contributed by atoms with Crippen LogP contribution in [-0.2, 0) is 11.3 Å². The van der Waals surface area contributed by atoms with Gasteiger partial charge in [0.05, 0.1) is 11.1 Å². The van der Waals surface area contributed by atoms with Crippen LogP contribution >= 0.6 is 23.2 Å². The van der Waals surface area contributed by atoms with Gasteiger partial charge in [-0.05, 0) is 36.6 Å². The molecule has 1 fully saturated rings. The van der Waals surface area contributed by atoms with Crippen molar-refractivity contribution in [3.05, 3.63) is 64.1 Å². The monoisotopic (exact) mass is 409 g/mol. The molecule has 1 aliphatic rings. The molecule has 2 unspecified atom stereocenters. The summed E-state index contributed by atoms with van der Waals surface area (Å²) in [5.41, 5.74) is 1.21. The zero-order chi connectivity index (χ0) is 19.1. The van der Waals surface area contributed by atoms with Crippen LogP contribution in [0.4, 0.5) is 0 Å². The lowest BCUT2D eigenvalue weighted by atomic mass is 10.1. The Morgan fingerprint density at radius 2 is 2.00 bits per heavy atom. The molecule has 0 bridgehead atoms. The van der Waals surface area contributed by atoms with Crippen molar-refractivity contribution in [1.82, 2.24) is 4.90 Å². The molecule has 146 valence electrons. The quantitative estimate of drug-likeness (QED) is 0.665. The maximum Gasteiger partial charge on any atom is 0.138 e. The SMILES string of the molecule is OC(COc1ccc(Cl)cc1Cl)CN(Cc1ccccc1)CC1CCCO1. The first-order chi connectivity index (χ1) is 13.1. The van der Waals surface area contributed by atoms with Crippen molar-refractivity contribution < 1.29 is 14.6 Å². The van der Waals surface area contributed by atoms with E-state index in [1.54, 1.807) is 18.2 Å². The van der Waals surface area contributed by atoms with Crippen molar-refractivity contribution in [3.8, 4) is 5.75 Å². The fourth-order valence-corrected chi connectivity index (χ4v) is 3.71. The van der Waals surface area contributed by atoms with E-state index in [1.165, 1.54) is 5.56 Å². The molecule has 0 amide bonds. The van der Waals surface area contributed by atoms with Crippen LogP contribution in [0.2, 0.25) is 10.0 Å². The Morgan fingerprint density at radius 1 is 1.19 bits per heavy atom. The summed E-state index contributed by atoms with van der Waals surface area (Å²) in [6.07, 6.45) is 1.76. The van der Waals surface area contributed by atoms with Crippen molar-refractivity contribution in [1.29, 1.82) is 0 Å². The number of nitrogens with zero attached hydrogens (tertiary/aromatic N) is 1. The van der Waals surface area contributed by atoms with Gasteiger partial charge in [-0.25, -0.2) is 0 Å². The highest BCUT2D eigenvalue weighted by Crippen LogP contribution is 2.27. The number of hydrogen-bond donors (Lipinski definition) is 1. The molecule has 27 heavy (non-hydrogen) atoms. The molecule has 1 saturated heterocycles. The Balaban J connectivity index is 1.56. The van der Waals surface area contributed by atoms with Crippen LogP contribution in [-0.4, -0.2) is 48.5 Å². The maximum atomic E-state index is 10.5. The summed E-state index contributed by atoms with van der Waals surface area (Å²) >= 11 is 12.0. The van der Waals surface area contributed by atoms with E-state index in [-0.39, 0.29) is 12.7 Å². The zero-order valence-electron chi connectivity index (χ0n) is 15.2. The second-order valence-corrected chi connectivity index (χ2v) is 7.70. The fraction of sp³-hybridized carbons (Fsp3) is 0.429. The van der Waals surface area contributed by atoms with Crippen LogP contribution in [0, 0.1) is 0 Å². The molecule has 1 aliphatic heterocycles. The van der Waals surface area contributed by atoms with E-state index < -0.39 is 6.10 Å². The molecule has 1 N–H and O–H groups in total. The summed E-state index contributed by atoms with van der Waals surface area (Å²) in [4.78, 5) is 2.23. The third-order valence-corrected chi connectivity index (χ3v) is 5.06. The molecule has 0 spiro atoms. The number of rotatable bonds is 9. The Bertz CT molecular complexity index is 708. The number of hydrogen-bond acceptors (Lipinski definition) is 4. The second-order valence-electron chi connectivity index (χ2n) is 6.85. The lowest BCUT2D eigenvalue weighted by Crippen LogP contribution is -2.39. The highest BCUT2D eigenvalue weighted by Gasteiger charge is 2.21. The van der Waals surface area contributed by atoms with Crippen LogP contribution in [0.5, 0.6) is 5.75 Å². The van der Waals surface area contributed by atoms with Crippen molar-refractivity contribution in [3.63, 3.8) is 0 Å². The van der Waals surface area contributed by atoms with Crippen LogP contribution in [0.25, 0.3) is 0 Å². The predicted molar refractivity (Wildman–Crippen MR) is 109 cm³/mol. The van der Waals surface area contributed by atoms with Gasteiger partial charge in [0.25, 0.3) is 0 Å². The number of ether oxygens (including phenoxy) is 2. The highest BCUT2D eigenvalue weighted by molar-refractivity contribution is 6.35. The van der Waals surface area contributed by atoms with E-state index in [4.69, 9.17) is 32.7 Å². The van der Waals surface area contributed by atoms with Gasteiger partial charge in [-0.1, -0.05) is 53.5 Å². The lowest BCUT2D eigenvalue weighted by Gasteiger charge is -2.27. The van der Waals surface area contributed by atoms with Crippen LogP contribution in [0.15, 0.2) is 48.5 Å². The van der Waals surface area contributed by atoms with Gasteiger partial charge in [0.15, 0.2) is 0 Å². The summed E-state index contributed by atoms with van der Waals surface area (Å²) in [7, 11) is 0. The van der Waals surface area contributed by atoms with Gasteiger partial charge in [-0.15, -0.1) is 0 Å². The average molecular weight is 410 g/mol. The number of halogens is 2. The molecular weight excluding hydrogens is 385 g/mol. The Morgan fingerprint density at radius 3 is 2.70 bits per heavy atom. The molecule has 2 atom stereocenters. The first-order valence-electron chi connectivity index (χ1n) is 9.24. The standard InChI is InChI=1S/C21H25Cl2NO3/c22-17-8-9-21(20(23)11-17)27-15-18(25)13-24(14-19-7-4-10-26-19)12-16-5-2-1-3-6-16/h1-3,5-6,8-9,11,18-19,25H,4,7,10,12-15H2. The molecule has 4 nitrogen and oxygen atoms in total. The maximum absolute atomic E-state index is 10.5. The molecule has 0 aromatic heterocycles. The van der Waals surface area contributed by atoms with Crippen molar-refractivity contribution in [2.45, 2.75) is 31.6 Å². The third-order valence-electron chi connectivity index (χ3n) is 4.53. The molecule has 0 radical (unpaired) electrons. The lowest BCUT2D eigenvalue weighted by molar-refractivity contribution is 0.0314. The average Bonchev–Trinajstić information content (AvgIpc) is 3.15. The summed E-state index contributed by atoms with van der Waals surface area (Å²) in [6, 6.07) is 15.3. The van der Waals surface area contributed by atoms with Gasteiger partial charge in [0, 0.05) is 31.3 Å². The Labute approximate surface area is 170 Å². The van der Waals surface area contributed by atoms with Crippen LogP contribution in [0.3, 0.4) is 0 Å². The largest absolute Gasteiger partial charge is 0.489 e. The van der Waals surface area contributed by atoms with E-state index in [0.717, 1.165) is 32.5 Å². The summed E-state index contributed by atoms with van der Waals surface area (Å²) in [5.74, 6) is 0.522. The minimum atomic E-state index is -0.637. The summed E-state index contributed by atoms with van der Waals surface area (Å²) in [6.45, 7) is 3.05. The smallest absolute Gasteiger partial charge is 0.138 e. The Hall–Kier alpha value is -1.30. The van der Waals surface area contributed by atoms with E-state index in [2.05, 4.69) is 17.0 Å². The first-order valence-corrected chi connectivity index (χ1v) is 9.99. The normalized spacial score (nSPS) is 18.0. The van der Waals surface area contributed by atoms with Gasteiger partial charge in [0.2, 0.25) is 0 Å². The van der Waals surface area contributed by atoms with Crippen molar-refractivity contribution in [2.24, 2.45) is 0 Å². The van der Waals surface area contributed by atoms with Crippen molar-refractivity contribution >= 4 is 23.2 Å². The van der Waals surface area contributed by atoms with Gasteiger partial charge in [0.1, 0.15) is 18.5 Å². The fourth-order valence-electron chi connectivity index (χ4n) is 3.25. The molecule has 0 aliphatic carbocycles. The summed E-state index contributed by atoms with van der Waals surface area (Å²) < 4.78 is 11.5. The minimum Gasteiger partial charge on any atom is -0.489 e. The third kappa shape index (κ3) is 6.66.